The number of carbonyl (C=O) groups excluding carboxylic acids is 1. The second kappa shape index (κ2) is 9.11. The minimum Gasteiger partial charge on any atom is -0.481 e. The van der Waals surface area contributed by atoms with E-state index in [-0.39, 0.29) is 12.5 Å². The molecule has 6 nitrogen and oxygen atoms in total. The summed E-state index contributed by atoms with van der Waals surface area (Å²) < 4.78 is 11.4. The first-order chi connectivity index (χ1) is 14.2. The van der Waals surface area contributed by atoms with E-state index < -0.39 is 6.10 Å². The molecule has 0 N–H and O–H groups in total. The smallest absolute Gasteiger partial charge is 0.263 e. The monoisotopic (exact) mass is 407 g/mol. The molecule has 0 fully saturated rings. The summed E-state index contributed by atoms with van der Waals surface area (Å²) in [5.74, 6) is 1.80. The molecule has 1 atom stereocenters. The third kappa shape index (κ3) is 5.06. The molecule has 1 aromatic heterocycles. The molecule has 158 valence electrons. The third-order valence-corrected chi connectivity index (χ3v) is 4.94. The van der Waals surface area contributed by atoms with Crippen molar-refractivity contribution in [2.24, 2.45) is 0 Å². The van der Waals surface area contributed by atoms with Gasteiger partial charge in [0.05, 0.1) is 6.54 Å². The molecule has 0 radical (unpaired) electrons. The average Bonchev–Trinajstić information content (AvgIpc) is 3.15. The minimum atomic E-state index is -0.631. The number of benzene rings is 2. The minimum absolute atomic E-state index is 0.151. The normalized spacial score (nSPS) is 12.1. The highest BCUT2D eigenvalue weighted by Gasteiger charge is 2.23. The number of hydrogen-bond donors (Lipinski definition) is 0. The number of nitrogens with zero attached hydrogens (tertiary/aromatic N) is 3. The summed E-state index contributed by atoms with van der Waals surface area (Å²) in [6, 6.07) is 14.0. The Morgan fingerprint density at radius 3 is 2.53 bits per heavy atom. The Morgan fingerprint density at radius 1 is 1.10 bits per heavy atom. The summed E-state index contributed by atoms with van der Waals surface area (Å²) in [5.41, 5.74) is 4.19. The maximum Gasteiger partial charge on any atom is 0.263 e. The molecule has 0 aliphatic rings. The van der Waals surface area contributed by atoms with E-state index in [2.05, 4.69) is 36.1 Å². The second-order valence-corrected chi connectivity index (χ2v) is 8.03. The molecule has 30 heavy (non-hydrogen) atoms. The molecule has 3 aromatic rings. The maximum absolute atomic E-state index is 12.9. The van der Waals surface area contributed by atoms with Gasteiger partial charge in [-0.3, -0.25) is 4.79 Å². The highest BCUT2D eigenvalue weighted by molar-refractivity contribution is 5.80. The molecule has 2 aromatic carbocycles. The van der Waals surface area contributed by atoms with Crippen LogP contribution in [0, 0.1) is 13.8 Å². The molecule has 0 spiro atoms. The molecular formula is C24H29N3O3. The van der Waals surface area contributed by atoms with Crippen LogP contribution in [0.5, 0.6) is 5.75 Å². The molecule has 0 aliphatic carbocycles. The summed E-state index contributed by atoms with van der Waals surface area (Å²) in [5, 5.41) is 4.04. The van der Waals surface area contributed by atoms with E-state index >= 15 is 0 Å². The average molecular weight is 408 g/mol. The lowest BCUT2D eigenvalue weighted by molar-refractivity contribution is -0.137. The van der Waals surface area contributed by atoms with Gasteiger partial charge < -0.3 is 14.2 Å². The molecule has 0 unspecified atom stereocenters. The Bertz CT molecular complexity index is 1030. The van der Waals surface area contributed by atoms with Crippen LogP contribution in [0.3, 0.4) is 0 Å². The first-order valence-corrected chi connectivity index (χ1v) is 10.2. The van der Waals surface area contributed by atoms with Crippen molar-refractivity contribution < 1.29 is 14.1 Å². The molecule has 6 heteroatoms. The van der Waals surface area contributed by atoms with Crippen LogP contribution >= 0.6 is 0 Å². The zero-order valence-corrected chi connectivity index (χ0v) is 18.5. The summed E-state index contributed by atoms with van der Waals surface area (Å²) in [6.45, 7) is 10.2. The quantitative estimate of drug-likeness (QED) is 0.557. The van der Waals surface area contributed by atoms with Gasteiger partial charge in [0.25, 0.3) is 5.91 Å². The fourth-order valence-corrected chi connectivity index (χ4v) is 3.27. The first-order valence-electron chi connectivity index (χ1n) is 10.2. The zero-order chi connectivity index (χ0) is 21.8. The van der Waals surface area contributed by atoms with E-state index in [0.717, 1.165) is 28.0 Å². The van der Waals surface area contributed by atoms with Crippen LogP contribution in [-0.2, 0) is 11.3 Å². The van der Waals surface area contributed by atoms with E-state index in [1.807, 2.05) is 44.2 Å². The van der Waals surface area contributed by atoms with Crippen LogP contribution in [-0.4, -0.2) is 34.1 Å². The number of ether oxygens (including phenoxy) is 1. The number of carbonyl (C=O) groups is 1. The van der Waals surface area contributed by atoms with Crippen LogP contribution < -0.4 is 4.74 Å². The number of hydrogen-bond acceptors (Lipinski definition) is 5. The van der Waals surface area contributed by atoms with Gasteiger partial charge in [-0.05, 0) is 49.9 Å². The molecule has 0 aliphatic heterocycles. The standard InChI is InChI=1S/C24H29N3O3/c1-15(2)20-11-10-17(4)13-21(20)29-18(5)24(28)27(6)14-22-25-23(26-30-22)19-9-7-8-16(3)12-19/h7-13,15,18H,14H2,1-6H3/t18-/m1/s1. The van der Waals surface area contributed by atoms with Gasteiger partial charge in [0.1, 0.15) is 5.75 Å². The van der Waals surface area contributed by atoms with Crippen molar-refractivity contribution in [1.82, 2.24) is 15.0 Å². The Labute approximate surface area is 177 Å². The lowest BCUT2D eigenvalue weighted by Gasteiger charge is -2.23. The molecule has 0 bridgehead atoms. The largest absolute Gasteiger partial charge is 0.481 e. The molecule has 0 saturated heterocycles. The fourth-order valence-electron chi connectivity index (χ4n) is 3.27. The van der Waals surface area contributed by atoms with E-state index in [1.54, 1.807) is 18.9 Å². The summed E-state index contributed by atoms with van der Waals surface area (Å²) in [7, 11) is 1.71. The number of aromatic nitrogens is 2. The predicted molar refractivity (Wildman–Crippen MR) is 116 cm³/mol. The lowest BCUT2D eigenvalue weighted by atomic mass is 10.0. The van der Waals surface area contributed by atoms with Gasteiger partial charge in [0, 0.05) is 12.6 Å². The Hall–Kier alpha value is -3.15. The SMILES string of the molecule is Cc1cccc(-c2noc(CN(C)C(=O)[C@@H](C)Oc3cc(C)ccc3C(C)C)n2)c1. The number of aryl methyl sites for hydroxylation is 2. The topological polar surface area (TPSA) is 68.5 Å². The van der Waals surface area contributed by atoms with Gasteiger partial charge >= 0.3 is 0 Å². The van der Waals surface area contributed by atoms with Gasteiger partial charge in [-0.15, -0.1) is 0 Å². The number of likely N-dealkylation sites (N-methyl/N-ethyl adjacent to an activating group) is 1. The van der Waals surface area contributed by atoms with Gasteiger partial charge in [0.15, 0.2) is 6.10 Å². The van der Waals surface area contributed by atoms with Crippen molar-refractivity contribution in [2.75, 3.05) is 7.05 Å². The van der Waals surface area contributed by atoms with E-state index in [4.69, 9.17) is 9.26 Å². The summed E-state index contributed by atoms with van der Waals surface area (Å²) in [6.07, 6.45) is -0.631. The van der Waals surface area contributed by atoms with Crippen LogP contribution in [0.1, 0.15) is 49.3 Å². The molecule has 3 rings (SSSR count). The van der Waals surface area contributed by atoms with Crippen molar-refractivity contribution in [3.63, 3.8) is 0 Å². The number of rotatable bonds is 7. The van der Waals surface area contributed by atoms with E-state index in [1.165, 1.54) is 0 Å². The van der Waals surface area contributed by atoms with Crippen molar-refractivity contribution >= 4 is 5.91 Å². The number of amides is 1. The first kappa shape index (κ1) is 21.6. The van der Waals surface area contributed by atoms with Crippen LogP contribution in [0.25, 0.3) is 11.4 Å². The second-order valence-electron chi connectivity index (χ2n) is 8.03. The van der Waals surface area contributed by atoms with Crippen LogP contribution in [0.2, 0.25) is 0 Å². The van der Waals surface area contributed by atoms with Crippen molar-refractivity contribution in [1.29, 1.82) is 0 Å². The predicted octanol–water partition coefficient (Wildman–Crippen LogP) is 4.90. The fraction of sp³-hybridized carbons (Fsp3) is 0.375. The third-order valence-electron chi connectivity index (χ3n) is 4.94. The molecular weight excluding hydrogens is 378 g/mol. The summed E-state index contributed by atoms with van der Waals surface area (Å²) >= 11 is 0. The summed E-state index contributed by atoms with van der Waals surface area (Å²) in [4.78, 5) is 18.8. The zero-order valence-electron chi connectivity index (χ0n) is 18.5. The van der Waals surface area contributed by atoms with E-state index in [9.17, 15) is 4.79 Å². The van der Waals surface area contributed by atoms with E-state index in [0.29, 0.717) is 17.6 Å². The Morgan fingerprint density at radius 2 is 1.83 bits per heavy atom. The molecule has 0 saturated carbocycles. The maximum atomic E-state index is 12.9. The lowest BCUT2D eigenvalue weighted by Crippen LogP contribution is -2.37. The Balaban J connectivity index is 1.67. The highest BCUT2D eigenvalue weighted by Crippen LogP contribution is 2.28. The van der Waals surface area contributed by atoms with Crippen molar-refractivity contribution in [3.05, 3.63) is 65.0 Å². The van der Waals surface area contributed by atoms with Gasteiger partial charge in [-0.1, -0.05) is 54.9 Å². The Kier molecular flexibility index (Phi) is 6.55. The van der Waals surface area contributed by atoms with Gasteiger partial charge in [-0.25, -0.2) is 0 Å². The molecule has 1 amide bonds. The highest BCUT2D eigenvalue weighted by atomic mass is 16.5. The van der Waals surface area contributed by atoms with Gasteiger partial charge in [-0.2, -0.15) is 4.98 Å². The van der Waals surface area contributed by atoms with Gasteiger partial charge in [0.2, 0.25) is 11.7 Å². The van der Waals surface area contributed by atoms with Crippen LogP contribution in [0.4, 0.5) is 0 Å². The van der Waals surface area contributed by atoms with Crippen LogP contribution in [0.15, 0.2) is 47.0 Å². The molecule has 1 heterocycles. The van der Waals surface area contributed by atoms with Crippen molar-refractivity contribution in [2.45, 2.75) is 53.2 Å². The van der Waals surface area contributed by atoms with Crippen molar-refractivity contribution in [3.8, 4) is 17.1 Å².